The van der Waals surface area contributed by atoms with Crippen molar-refractivity contribution >= 4 is 11.9 Å². The Labute approximate surface area is 153 Å². The summed E-state index contributed by atoms with van der Waals surface area (Å²) < 4.78 is 11.1. The fourth-order valence-electron chi connectivity index (χ4n) is 3.00. The first kappa shape index (κ1) is 17.9. The maximum Gasteiger partial charge on any atom is 0.338 e. The average Bonchev–Trinajstić information content (AvgIpc) is 2.72. The molecule has 0 fully saturated rings. The van der Waals surface area contributed by atoms with E-state index in [2.05, 4.69) is 6.08 Å². The minimum absolute atomic E-state index is 0.194. The number of hydrogen-bond acceptors (Lipinski definition) is 4. The van der Waals surface area contributed by atoms with E-state index in [1.807, 2.05) is 18.2 Å². The summed E-state index contributed by atoms with van der Waals surface area (Å²) in [5, 5.41) is 0. The van der Waals surface area contributed by atoms with Crippen molar-refractivity contribution in [1.82, 2.24) is 0 Å². The molecule has 134 valence electrons. The third-order valence-corrected chi connectivity index (χ3v) is 4.52. The molecule has 0 saturated heterocycles. The molecule has 0 unspecified atom stereocenters. The Kier molecular flexibility index (Phi) is 5.84. The first-order chi connectivity index (χ1) is 12.7. The van der Waals surface area contributed by atoms with Gasteiger partial charge in [0, 0.05) is 0 Å². The first-order valence-electron chi connectivity index (χ1n) is 8.81. The van der Waals surface area contributed by atoms with Gasteiger partial charge in [-0.2, -0.15) is 0 Å². The topological polar surface area (TPSA) is 52.6 Å². The second-order valence-electron chi connectivity index (χ2n) is 6.54. The summed E-state index contributed by atoms with van der Waals surface area (Å²) in [4.78, 5) is 24.5. The molecular weight excluding hydrogens is 328 g/mol. The van der Waals surface area contributed by atoms with Crippen molar-refractivity contribution < 1.29 is 19.1 Å². The van der Waals surface area contributed by atoms with Gasteiger partial charge in [0.15, 0.2) is 0 Å². The molecule has 0 aliphatic heterocycles. The molecule has 4 heteroatoms. The molecule has 0 amide bonds. The molecule has 0 heterocycles. The average molecular weight is 350 g/mol. The van der Waals surface area contributed by atoms with Gasteiger partial charge in [-0.15, -0.1) is 0 Å². The van der Waals surface area contributed by atoms with Crippen molar-refractivity contribution in [2.24, 2.45) is 5.41 Å². The van der Waals surface area contributed by atoms with E-state index in [-0.39, 0.29) is 25.2 Å². The molecule has 2 aromatic carbocycles. The molecule has 0 aromatic heterocycles. The van der Waals surface area contributed by atoms with Crippen LogP contribution < -0.4 is 0 Å². The minimum Gasteiger partial charge on any atom is -0.461 e. The SMILES string of the molecule is O=C(OCC1(COC(=O)c2ccccc2)C=CCCC1)c1ccccc1. The van der Waals surface area contributed by atoms with Crippen LogP contribution in [-0.2, 0) is 9.47 Å². The molecule has 0 bridgehead atoms. The summed E-state index contributed by atoms with van der Waals surface area (Å²) >= 11 is 0. The van der Waals surface area contributed by atoms with E-state index in [9.17, 15) is 9.59 Å². The number of esters is 2. The van der Waals surface area contributed by atoms with Gasteiger partial charge in [-0.3, -0.25) is 0 Å². The third kappa shape index (κ3) is 4.60. The van der Waals surface area contributed by atoms with Gasteiger partial charge in [0.1, 0.15) is 13.2 Å². The number of rotatable bonds is 6. The highest BCUT2D eigenvalue weighted by Crippen LogP contribution is 2.32. The van der Waals surface area contributed by atoms with Crippen LogP contribution in [0.5, 0.6) is 0 Å². The van der Waals surface area contributed by atoms with E-state index in [0.29, 0.717) is 11.1 Å². The Morgan fingerprint density at radius 1 is 0.808 bits per heavy atom. The lowest BCUT2D eigenvalue weighted by molar-refractivity contribution is 0.00550. The minimum atomic E-state index is -0.465. The van der Waals surface area contributed by atoms with Gasteiger partial charge in [0.25, 0.3) is 0 Å². The number of ether oxygens (including phenoxy) is 2. The molecule has 0 saturated carbocycles. The summed E-state index contributed by atoms with van der Waals surface area (Å²) in [5.74, 6) is -0.725. The van der Waals surface area contributed by atoms with Crippen LogP contribution in [0.1, 0.15) is 40.0 Å². The molecule has 0 N–H and O–H groups in total. The van der Waals surface area contributed by atoms with Gasteiger partial charge in [-0.05, 0) is 43.5 Å². The Morgan fingerprint density at radius 3 is 1.73 bits per heavy atom. The zero-order valence-corrected chi connectivity index (χ0v) is 14.6. The molecular formula is C22H22O4. The van der Waals surface area contributed by atoms with Crippen LogP contribution in [0.4, 0.5) is 0 Å². The lowest BCUT2D eigenvalue weighted by Crippen LogP contribution is -2.34. The summed E-state index contributed by atoms with van der Waals surface area (Å²) in [7, 11) is 0. The van der Waals surface area contributed by atoms with Gasteiger partial charge < -0.3 is 9.47 Å². The maximum absolute atomic E-state index is 12.2. The maximum atomic E-state index is 12.2. The molecule has 3 rings (SSSR count). The largest absolute Gasteiger partial charge is 0.461 e. The van der Waals surface area contributed by atoms with Crippen molar-refractivity contribution in [3.8, 4) is 0 Å². The van der Waals surface area contributed by atoms with Crippen molar-refractivity contribution in [3.63, 3.8) is 0 Å². The predicted octanol–water partition coefficient (Wildman–Crippen LogP) is 4.43. The van der Waals surface area contributed by atoms with E-state index in [1.54, 1.807) is 48.5 Å². The standard InChI is InChI=1S/C22H22O4/c23-20(18-10-4-1-5-11-18)25-16-22(14-8-3-9-15-22)17-26-21(24)19-12-6-2-7-13-19/h1-2,4-8,10-14H,3,9,15-17H2. The van der Waals surface area contributed by atoms with Crippen LogP contribution in [0.2, 0.25) is 0 Å². The molecule has 2 aromatic rings. The van der Waals surface area contributed by atoms with Gasteiger partial charge in [0.2, 0.25) is 0 Å². The first-order valence-corrected chi connectivity index (χ1v) is 8.81. The number of hydrogen-bond donors (Lipinski definition) is 0. The van der Waals surface area contributed by atoms with Gasteiger partial charge >= 0.3 is 11.9 Å². The Balaban J connectivity index is 1.63. The van der Waals surface area contributed by atoms with Gasteiger partial charge in [-0.25, -0.2) is 9.59 Å². The fraction of sp³-hybridized carbons (Fsp3) is 0.273. The predicted molar refractivity (Wildman–Crippen MR) is 98.9 cm³/mol. The third-order valence-electron chi connectivity index (χ3n) is 4.52. The smallest absolute Gasteiger partial charge is 0.338 e. The van der Waals surface area contributed by atoms with Crippen molar-refractivity contribution in [1.29, 1.82) is 0 Å². The number of carbonyl (C=O) groups excluding carboxylic acids is 2. The van der Waals surface area contributed by atoms with E-state index in [1.165, 1.54) is 0 Å². The lowest BCUT2D eigenvalue weighted by atomic mass is 9.80. The van der Waals surface area contributed by atoms with Crippen LogP contribution in [0.15, 0.2) is 72.8 Å². The molecule has 0 atom stereocenters. The highest BCUT2D eigenvalue weighted by Gasteiger charge is 2.32. The van der Waals surface area contributed by atoms with Gasteiger partial charge in [0.05, 0.1) is 16.5 Å². The van der Waals surface area contributed by atoms with Crippen molar-refractivity contribution in [2.45, 2.75) is 19.3 Å². The highest BCUT2D eigenvalue weighted by atomic mass is 16.5. The fourth-order valence-corrected chi connectivity index (χ4v) is 3.00. The number of allylic oxidation sites excluding steroid dienone is 1. The molecule has 26 heavy (non-hydrogen) atoms. The Hall–Kier alpha value is -2.88. The quantitative estimate of drug-likeness (QED) is 0.571. The van der Waals surface area contributed by atoms with E-state index in [0.717, 1.165) is 19.3 Å². The Morgan fingerprint density at radius 2 is 1.31 bits per heavy atom. The molecule has 1 aliphatic carbocycles. The van der Waals surface area contributed by atoms with Gasteiger partial charge in [-0.1, -0.05) is 48.6 Å². The molecule has 0 spiro atoms. The van der Waals surface area contributed by atoms with Crippen LogP contribution in [0.3, 0.4) is 0 Å². The number of benzene rings is 2. The highest BCUT2D eigenvalue weighted by molar-refractivity contribution is 5.89. The second kappa shape index (κ2) is 8.48. The van der Waals surface area contributed by atoms with E-state index in [4.69, 9.17) is 9.47 Å². The van der Waals surface area contributed by atoms with Crippen LogP contribution in [0.25, 0.3) is 0 Å². The molecule has 4 nitrogen and oxygen atoms in total. The second-order valence-corrected chi connectivity index (χ2v) is 6.54. The zero-order chi connectivity index (χ0) is 18.2. The summed E-state index contributed by atoms with van der Waals surface area (Å²) in [6, 6.07) is 17.8. The summed E-state index contributed by atoms with van der Waals surface area (Å²) in [6.45, 7) is 0.387. The zero-order valence-electron chi connectivity index (χ0n) is 14.6. The summed E-state index contributed by atoms with van der Waals surface area (Å²) in [5.41, 5.74) is 0.570. The normalized spacial score (nSPS) is 15.2. The summed E-state index contributed by atoms with van der Waals surface area (Å²) in [6.07, 6.45) is 6.86. The van der Waals surface area contributed by atoms with Crippen LogP contribution >= 0.6 is 0 Å². The molecule has 1 aliphatic rings. The van der Waals surface area contributed by atoms with Crippen molar-refractivity contribution in [2.75, 3.05) is 13.2 Å². The lowest BCUT2D eigenvalue weighted by Gasteiger charge is -2.32. The van der Waals surface area contributed by atoms with Crippen LogP contribution in [-0.4, -0.2) is 25.2 Å². The van der Waals surface area contributed by atoms with Crippen molar-refractivity contribution in [3.05, 3.63) is 83.9 Å². The van der Waals surface area contributed by atoms with Crippen LogP contribution in [0, 0.1) is 5.41 Å². The molecule has 0 radical (unpaired) electrons. The number of carbonyl (C=O) groups is 2. The van der Waals surface area contributed by atoms with E-state index >= 15 is 0 Å². The van der Waals surface area contributed by atoms with E-state index < -0.39 is 5.41 Å². The Bertz CT molecular complexity index is 710. The monoisotopic (exact) mass is 350 g/mol.